The standard InChI is InChI=1S/C28H31F3N6O3/c1-36-16-33-35-25(36)27(11-20(12-27)40-3)17-5-4-6-19(9-17)37-14-22(28(29,30)31)21-10-18(34-23(21)24(37)38)13-32-26(7-8-26)15-39-2/h4-6,9-10,14,16,20,32,34H,7-8,11-13,15H2,1-3H3. The summed E-state index contributed by atoms with van der Waals surface area (Å²) in [6.45, 7) is 0.816. The summed E-state index contributed by atoms with van der Waals surface area (Å²) in [6.07, 6.45) is 1.00. The SMILES string of the molecule is COCC1(NCc2cc3c(C(F)(F)F)cn(-c4cccc(C5(c6nncn6C)CC(OC)C5)c4)c(=O)c3[nH]2)CC1. The summed E-state index contributed by atoms with van der Waals surface area (Å²) < 4.78 is 56.6. The van der Waals surface area contributed by atoms with E-state index in [0.717, 1.165) is 35.0 Å². The lowest BCUT2D eigenvalue weighted by atomic mass is 9.62. The maximum Gasteiger partial charge on any atom is 0.418 e. The Morgan fingerprint density at radius 2 is 1.98 bits per heavy atom. The van der Waals surface area contributed by atoms with E-state index in [-0.39, 0.29) is 22.5 Å². The van der Waals surface area contributed by atoms with E-state index in [4.69, 9.17) is 9.47 Å². The Morgan fingerprint density at radius 3 is 2.60 bits per heavy atom. The van der Waals surface area contributed by atoms with Crippen molar-refractivity contribution in [3.05, 3.63) is 75.9 Å². The van der Waals surface area contributed by atoms with Gasteiger partial charge in [-0.15, -0.1) is 10.2 Å². The normalized spacial score (nSPS) is 22.0. The first kappa shape index (κ1) is 26.7. The third kappa shape index (κ3) is 4.43. The number of aromatic amines is 1. The van der Waals surface area contributed by atoms with Crippen LogP contribution in [-0.2, 0) is 34.7 Å². The molecular formula is C28H31F3N6O3. The molecule has 0 aliphatic heterocycles. The average Bonchev–Trinajstić information content (AvgIpc) is 3.30. The Hall–Kier alpha value is -3.48. The van der Waals surface area contributed by atoms with Gasteiger partial charge >= 0.3 is 6.18 Å². The molecule has 0 saturated heterocycles. The molecule has 6 rings (SSSR count). The van der Waals surface area contributed by atoms with Crippen LogP contribution in [0, 0.1) is 0 Å². The predicted octanol–water partition coefficient (Wildman–Crippen LogP) is 3.83. The topological polar surface area (TPSA) is 99.0 Å². The number of methoxy groups -OCH3 is 2. The quantitative estimate of drug-likeness (QED) is 0.325. The Morgan fingerprint density at radius 1 is 1.20 bits per heavy atom. The minimum atomic E-state index is -4.66. The number of aryl methyl sites for hydroxylation is 1. The van der Waals surface area contributed by atoms with Crippen molar-refractivity contribution in [2.24, 2.45) is 7.05 Å². The lowest BCUT2D eigenvalue weighted by molar-refractivity contribution is -0.136. The van der Waals surface area contributed by atoms with Crippen LogP contribution < -0.4 is 10.9 Å². The van der Waals surface area contributed by atoms with E-state index in [2.05, 4.69) is 20.5 Å². The summed E-state index contributed by atoms with van der Waals surface area (Å²) in [7, 11) is 5.12. The number of hydrogen-bond acceptors (Lipinski definition) is 6. The first-order chi connectivity index (χ1) is 19.1. The summed E-state index contributed by atoms with van der Waals surface area (Å²) in [5.41, 5.74) is -0.536. The van der Waals surface area contributed by atoms with Gasteiger partial charge in [0.2, 0.25) is 0 Å². The molecule has 0 bridgehead atoms. The van der Waals surface area contributed by atoms with Gasteiger partial charge in [-0.1, -0.05) is 12.1 Å². The predicted molar refractivity (Wildman–Crippen MR) is 141 cm³/mol. The van der Waals surface area contributed by atoms with Gasteiger partial charge < -0.3 is 24.3 Å². The van der Waals surface area contributed by atoms with Crippen molar-refractivity contribution in [1.82, 2.24) is 29.6 Å². The molecule has 4 aromatic rings. The molecule has 1 aromatic carbocycles. The van der Waals surface area contributed by atoms with Gasteiger partial charge in [0.25, 0.3) is 5.56 Å². The number of aromatic nitrogens is 5. The maximum atomic E-state index is 14.3. The Bertz CT molecular complexity index is 1610. The van der Waals surface area contributed by atoms with Crippen LogP contribution in [0.25, 0.3) is 16.6 Å². The lowest BCUT2D eigenvalue weighted by Crippen LogP contribution is -2.48. The van der Waals surface area contributed by atoms with E-state index in [1.54, 1.807) is 38.7 Å². The van der Waals surface area contributed by atoms with Crippen LogP contribution in [0.5, 0.6) is 0 Å². The van der Waals surface area contributed by atoms with Crippen molar-refractivity contribution < 1.29 is 22.6 Å². The van der Waals surface area contributed by atoms with Crippen LogP contribution >= 0.6 is 0 Å². The lowest BCUT2D eigenvalue weighted by Gasteiger charge is -2.46. The molecule has 2 fully saturated rings. The maximum absolute atomic E-state index is 14.3. The van der Waals surface area contributed by atoms with Crippen molar-refractivity contribution in [3.63, 3.8) is 0 Å². The number of nitrogens with zero attached hydrogens (tertiary/aromatic N) is 4. The number of hydrogen-bond donors (Lipinski definition) is 2. The van der Waals surface area contributed by atoms with Crippen molar-refractivity contribution in [1.29, 1.82) is 0 Å². The molecule has 2 saturated carbocycles. The van der Waals surface area contributed by atoms with Gasteiger partial charge in [-0.05, 0) is 49.4 Å². The minimum absolute atomic E-state index is 0.0147. The Balaban J connectivity index is 1.43. The largest absolute Gasteiger partial charge is 0.418 e. The van der Waals surface area contributed by atoms with Gasteiger partial charge in [-0.25, -0.2) is 0 Å². The van der Waals surface area contributed by atoms with Crippen molar-refractivity contribution >= 4 is 10.9 Å². The molecule has 0 radical (unpaired) electrons. The van der Waals surface area contributed by atoms with Crippen molar-refractivity contribution in [3.8, 4) is 5.69 Å². The Kier molecular flexibility index (Phi) is 6.39. The van der Waals surface area contributed by atoms with E-state index in [0.29, 0.717) is 37.4 Å². The summed E-state index contributed by atoms with van der Waals surface area (Å²) in [4.78, 5) is 16.6. The monoisotopic (exact) mass is 556 g/mol. The number of alkyl halides is 3. The molecule has 3 heterocycles. The fourth-order valence-corrected chi connectivity index (χ4v) is 5.97. The van der Waals surface area contributed by atoms with Crippen LogP contribution in [0.15, 0.2) is 47.7 Å². The van der Waals surface area contributed by atoms with Crippen LogP contribution in [0.4, 0.5) is 13.2 Å². The van der Waals surface area contributed by atoms with E-state index < -0.39 is 22.7 Å². The van der Waals surface area contributed by atoms with Gasteiger partial charge in [0.15, 0.2) is 0 Å². The fourth-order valence-electron chi connectivity index (χ4n) is 5.97. The second kappa shape index (κ2) is 9.57. The third-order valence-electron chi connectivity index (χ3n) is 8.39. The van der Waals surface area contributed by atoms with Gasteiger partial charge in [0.05, 0.1) is 23.7 Å². The second-order valence-electron chi connectivity index (χ2n) is 11.0. The number of H-pyrrole nitrogens is 1. The molecule has 0 unspecified atom stereocenters. The van der Waals surface area contributed by atoms with Gasteiger partial charge in [0, 0.05) is 56.3 Å². The molecule has 212 valence electrons. The zero-order valence-electron chi connectivity index (χ0n) is 22.5. The van der Waals surface area contributed by atoms with Gasteiger partial charge in [-0.2, -0.15) is 13.2 Å². The molecule has 3 aromatic heterocycles. The number of benzene rings is 1. The molecule has 2 N–H and O–H groups in total. The van der Waals surface area contributed by atoms with E-state index >= 15 is 0 Å². The number of halogens is 3. The third-order valence-corrected chi connectivity index (χ3v) is 8.39. The number of fused-ring (bicyclic) bond motifs is 1. The highest BCUT2D eigenvalue weighted by atomic mass is 19.4. The molecule has 2 aliphatic carbocycles. The highest BCUT2D eigenvalue weighted by Crippen LogP contribution is 2.49. The molecule has 12 heteroatoms. The van der Waals surface area contributed by atoms with Crippen molar-refractivity contribution in [2.75, 3.05) is 20.8 Å². The van der Waals surface area contributed by atoms with E-state index in [1.807, 2.05) is 17.7 Å². The van der Waals surface area contributed by atoms with Gasteiger partial charge in [-0.3, -0.25) is 9.36 Å². The summed E-state index contributed by atoms with van der Waals surface area (Å²) in [5.74, 6) is 0.736. The fraction of sp³-hybridized carbons (Fsp3) is 0.464. The summed E-state index contributed by atoms with van der Waals surface area (Å²) >= 11 is 0. The Labute approximate surface area is 228 Å². The van der Waals surface area contributed by atoms with Gasteiger partial charge in [0.1, 0.15) is 17.7 Å². The molecule has 0 atom stereocenters. The van der Waals surface area contributed by atoms with E-state index in [1.165, 1.54) is 6.07 Å². The first-order valence-corrected chi connectivity index (χ1v) is 13.2. The van der Waals surface area contributed by atoms with Crippen molar-refractivity contribution in [2.45, 2.75) is 55.5 Å². The highest BCUT2D eigenvalue weighted by molar-refractivity contribution is 5.84. The minimum Gasteiger partial charge on any atom is -0.383 e. The molecule has 0 amide bonds. The number of pyridine rings is 1. The van der Waals surface area contributed by atoms with Crippen LogP contribution in [-0.4, -0.2) is 56.8 Å². The zero-order valence-corrected chi connectivity index (χ0v) is 22.5. The van der Waals surface area contributed by atoms with Crippen LogP contribution in [0.3, 0.4) is 0 Å². The first-order valence-electron chi connectivity index (χ1n) is 13.2. The second-order valence-corrected chi connectivity index (χ2v) is 11.0. The smallest absolute Gasteiger partial charge is 0.383 e. The zero-order chi connectivity index (χ0) is 28.3. The molecule has 0 spiro atoms. The van der Waals surface area contributed by atoms with Crippen LogP contribution in [0.1, 0.15) is 48.3 Å². The summed E-state index contributed by atoms with van der Waals surface area (Å²) in [6, 6.07) is 8.48. The van der Waals surface area contributed by atoms with E-state index in [9.17, 15) is 18.0 Å². The summed E-state index contributed by atoms with van der Waals surface area (Å²) in [5, 5.41) is 11.6. The highest BCUT2D eigenvalue weighted by Gasteiger charge is 2.50. The molecular weight excluding hydrogens is 525 g/mol. The molecule has 2 aliphatic rings. The number of ether oxygens (including phenoxy) is 2. The number of nitrogens with one attached hydrogen (secondary N) is 2. The number of rotatable bonds is 9. The molecule has 9 nitrogen and oxygen atoms in total. The molecule has 40 heavy (non-hydrogen) atoms. The van der Waals surface area contributed by atoms with Crippen LogP contribution in [0.2, 0.25) is 0 Å². The average molecular weight is 557 g/mol.